The summed E-state index contributed by atoms with van der Waals surface area (Å²) in [6.45, 7) is 22.6. The number of nitrogens with zero attached hydrogens (tertiary/aromatic N) is 1. The number of para-hydroxylation sites is 2. The van der Waals surface area contributed by atoms with E-state index in [0.717, 1.165) is 5.92 Å². The van der Waals surface area contributed by atoms with Crippen LogP contribution >= 0.6 is 0 Å². The highest BCUT2D eigenvalue weighted by molar-refractivity contribution is 5.69. The van der Waals surface area contributed by atoms with E-state index in [1.807, 2.05) is 60.6 Å². The minimum absolute atomic E-state index is 0.833. The predicted molar refractivity (Wildman–Crippen MR) is 138 cm³/mol. The molecule has 1 heteroatoms. The fourth-order valence-electron chi connectivity index (χ4n) is 2.07. The Kier molecular flexibility index (Phi) is 25.7. The summed E-state index contributed by atoms with van der Waals surface area (Å²) in [5.74, 6) is 0.833. The summed E-state index contributed by atoms with van der Waals surface area (Å²) in [7, 11) is 0. The Morgan fingerprint density at radius 2 is 0.966 bits per heavy atom. The van der Waals surface area contributed by atoms with Crippen LogP contribution in [-0.2, 0) is 0 Å². The topological polar surface area (TPSA) is 3.24 Å². The number of anilines is 2. The van der Waals surface area contributed by atoms with Crippen molar-refractivity contribution in [2.24, 2.45) is 5.92 Å². The first kappa shape index (κ1) is 31.4. The third-order valence-corrected chi connectivity index (χ3v) is 2.92. The molecule has 1 nitrogen and oxygen atoms in total. The molecule has 0 amide bonds. The Labute approximate surface area is 183 Å². The molecule has 0 bridgehead atoms. The second kappa shape index (κ2) is 23.8. The second-order valence-electron chi connectivity index (χ2n) is 5.95. The maximum Gasteiger partial charge on any atom is 0.0461 e. The van der Waals surface area contributed by atoms with Crippen molar-refractivity contribution in [3.63, 3.8) is 0 Å². The molecule has 29 heavy (non-hydrogen) atoms. The normalized spacial score (nSPS) is 9.59. The van der Waals surface area contributed by atoms with Gasteiger partial charge in [-0.25, -0.2) is 0 Å². The monoisotopic (exact) mass is 397 g/mol. The van der Waals surface area contributed by atoms with E-state index in [1.54, 1.807) is 0 Å². The largest absolute Gasteiger partial charge is 0.311 e. The molecule has 0 atom stereocenters. The lowest BCUT2D eigenvalue weighted by atomic mass is 10.2. The maximum absolute atomic E-state index is 2.25. The van der Waals surface area contributed by atoms with E-state index >= 15 is 0 Å². The van der Waals surface area contributed by atoms with Crippen LogP contribution in [0.4, 0.5) is 11.4 Å². The van der Waals surface area contributed by atoms with Crippen LogP contribution in [0.3, 0.4) is 0 Å². The van der Waals surface area contributed by atoms with Gasteiger partial charge in [-0.1, -0.05) is 111 Å². The van der Waals surface area contributed by atoms with Gasteiger partial charge in [0.15, 0.2) is 0 Å². The molecule has 0 saturated carbocycles. The van der Waals surface area contributed by atoms with Crippen LogP contribution < -0.4 is 4.90 Å². The summed E-state index contributed by atoms with van der Waals surface area (Å²) >= 11 is 0. The van der Waals surface area contributed by atoms with Gasteiger partial charge in [-0.05, 0) is 50.1 Å². The van der Waals surface area contributed by atoms with E-state index < -0.39 is 0 Å². The van der Waals surface area contributed by atoms with Gasteiger partial charge in [-0.3, -0.25) is 0 Å². The van der Waals surface area contributed by atoms with E-state index in [0.29, 0.717) is 0 Å². The maximum atomic E-state index is 2.25. The van der Waals surface area contributed by atoms with Crippen molar-refractivity contribution in [1.82, 2.24) is 0 Å². The van der Waals surface area contributed by atoms with Crippen molar-refractivity contribution in [1.29, 1.82) is 0 Å². The van der Waals surface area contributed by atoms with Crippen LogP contribution in [0.1, 0.15) is 76.2 Å². The number of allylic oxidation sites excluding steroid dienone is 3. The van der Waals surface area contributed by atoms with Gasteiger partial charge in [0.25, 0.3) is 0 Å². The molecular weight excluding hydrogens is 350 g/mol. The van der Waals surface area contributed by atoms with E-state index in [9.17, 15) is 0 Å². The Bertz CT molecular complexity index is 552. The lowest BCUT2D eigenvalue weighted by Gasteiger charge is -2.26. The highest BCUT2D eigenvalue weighted by Crippen LogP contribution is 2.29. The average Bonchev–Trinajstić information content (AvgIpc) is 2.78. The third kappa shape index (κ3) is 15.3. The summed E-state index contributed by atoms with van der Waals surface area (Å²) < 4.78 is 0. The van der Waals surface area contributed by atoms with Crippen molar-refractivity contribution in [3.05, 3.63) is 84.6 Å². The zero-order chi connectivity index (χ0) is 23.1. The molecule has 2 aromatic rings. The van der Waals surface area contributed by atoms with E-state index in [2.05, 4.69) is 99.4 Å². The highest BCUT2D eigenvalue weighted by atomic mass is 15.1. The van der Waals surface area contributed by atoms with Gasteiger partial charge >= 0.3 is 0 Å². The van der Waals surface area contributed by atoms with Gasteiger partial charge in [0.1, 0.15) is 0 Å². The fourth-order valence-corrected chi connectivity index (χ4v) is 2.07. The summed E-state index contributed by atoms with van der Waals surface area (Å²) in [4.78, 5) is 2.25. The van der Waals surface area contributed by atoms with E-state index in [4.69, 9.17) is 0 Å². The molecule has 164 valence electrons. The van der Waals surface area contributed by atoms with Crippen LogP contribution in [-0.4, -0.2) is 0 Å². The highest BCUT2D eigenvalue weighted by Gasteiger charge is 2.10. The molecule has 2 rings (SSSR count). The summed E-state index contributed by atoms with van der Waals surface area (Å²) in [5.41, 5.74) is 3.50. The molecular formula is C28H47N. The lowest BCUT2D eigenvalue weighted by molar-refractivity contribution is 0.737. The third-order valence-electron chi connectivity index (χ3n) is 2.92. The molecule has 0 spiro atoms. The number of hydrogen-bond donors (Lipinski definition) is 0. The molecule has 0 aliphatic heterocycles. The van der Waals surface area contributed by atoms with Crippen LogP contribution in [0.5, 0.6) is 0 Å². The van der Waals surface area contributed by atoms with Crippen LogP contribution in [0.15, 0.2) is 84.6 Å². The standard InChI is InChI=1S/C18H19N.C4H10.3C2H6/c1-3-11-16(4-2)19(17-12-7-5-8-13-17)18-14-9-6-10-15-18;1-4(2)3;3*1-2/h3-15H,1-2H3;4H,1-3H3;3*1-2H3/b11-3-,16-4+;;;;. The molecule has 0 aliphatic carbocycles. The van der Waals surface area contributed by atoms with E-state index in [1.165, 1.54) is 17.1 Å². The molecule has 0 N–H and O–H groups in total. The first-order chi connectivity index (χ1) is 14.1. The van der Waals surface area contributed by atoms with Gasteiger partial charge in [0.05, 0.1) is 0 Å². The van der Waals surface area contributed by atoms with Gasteiger partial charge < -0.3 is 4.90 Å². The summed E-state index contributed by atoms with van der Waals surface area (Å²) in [6.07, 6.45) is 6.31. The van der Waals surface area contributed by atoms with Crippen molar-refractivity contribution < 1.29 is 0 Å². The quantitative estimate of drug-likeness (QED) is 0.464. The van der Waals surface area contributed by atoms with Gasteiger partial charge in [0.2, 0.25) is 0 Å². The number of benzene rings is 2. The lowest BCUT2D eigenvalue weighted by Crippen LogP contribution is -2.14. The minimum atomic E-state index is 0.833. The smallest absolute Gasteiger partial charge is 0.0461 e. The SMILES string of the molecule is C/C=C\C(=C/C)N(c1ccccc1)c1ccccc1.CC.CC.CC.CC(C)C. The molecule has 0 heterocycles. The molecule has 0 aliphatic rings. The fraction of sp³-hybridized carbons (Fsp3) is 0.429. The molecule has 0 fully saturated rings. The van der Waals surface area contributed by atoms with Gasteiger partial charge in [-0.15, -0.1) is 0 Å². The van der Waals surface area contributed by atoms with Crippen LogP contribution in [0.2, 0.25) is 0 Å². The Morgan fingerprint density at radius 1 is 0.655 bits per heavy atom. The second-order valence-corrected chi connectivity index (χ2v) is 5.95. The summed E-state index contributed by atoms with van der Waals surface area (Å²) in [6, 6.07) is 20.8. The van der Waals surface area contributed by atoms with Crippen LogP contribution in [0, 0.1) is 5.92 Å². The number of rotatable bonds is 4. The molecule has 0 aromatic heterocycles. The zero-order valence-corrected chi connectivity index (χ0v) is 21.0. The van der Waals surface area contributed by atoms with E-state index in [-0.39, 0.29) is 0 Å². The minimum Gasteiger partial charge on any atom is -0.311 e. The molecule has 2 aromatic carbocycles. The first-order valence-corrected chi connectivity index (χ1v) is 11.3. The van der Waals surface area contributed by atoms with Crippen molar-refractivity contribution >= 4 is 11.4 Å². The number of hydrogen-bond acceptors (Lipinski definition) is 1. The van der Waals surface area contributed by atoms with Gasteiger partial charge in [-0.2, -0.15) is 0 Å². The summed E-state index contributed by atoms with van der Waals surface area (Å²) in [5, 5.41) is 0. The average molecular weight is 398 g/mol. The van der Waals surface area contributed by atoms with Crippen molar-refractivity contribution in [2.75, 3.05) is 4.90 Å². The van der Waals surface area contributed by atoms with Crippen molar-refractivity contribution in [2.45, 2.75) is 76.2 Å². The molecule has 0 saturated heterocycles. The first-order valence-electron chi connectivity index (χ1n) is 11.3. The van der Waals surface area contributed by atoms with Crippen LogP contribution in [0.25, 0.3) is 0 Å². The van der Waals surface area contributed by atoms with Crippen molar-refractivity contribution in [3.8, 4) is 0 Å². The zero-order valence-electron chi connectivity index (χ0n) is 21.0. The Hall–Kier alpha value is -2.28. The molecule has 0 unspecified atom stereocenters. The Morgan fingerprint density at radius 3 is 1.21 bits per heavy atom. The predicted octanol–water partition coefficient (Wildman–Crippen LogP) is 10.0. The van der Waals surface area contributed by atoms with Gasteiger partial charge in [0, 0.05) is 17.1 Å². The Balaban J connectivity index is -0.000000580. The molecule has 0 radical (unpaired) electrons.